The molecule has 0 unspecified atom stereocenters. The Morgan fingerprint density at radius 1 is 1.50 bits per heavy atom. The van der Waals surface area contributed by atoms with E-state index in [1.165, 1.54) is 0 Å². The van der Waals surface area contributed by atoms with Crippen molar-refractivity contribution in [3.8, 4) is 5.75 Å². The van der Waals surface area contributed by atoms with Gasteiger partial charge in [0.15, 0.2) is 0 Å². The Bertz CT molecular complexity index is 470. The zero-order valence-electron chi connectivity index (χ0n) is 8.93. The summed E-state index contributed by atoms with van der Waals surface area (Å²) < 4.78 is 5.14. The Hall–Kier alpha value is -1.23. The predicted octanol–water partition coefficient (Wildman–Crippen LogP) is 1.59. The summed E-state index contributed by atoms with van der Waals surface area (Å²) >= 11 is 0. The zero-order valence-corrected chi connectivity index (χ0v) is 9.75. The molecular formula is C11H15ClN2O2. The van der Waals surface area contributed by atoms with Crippen LogP contribution in [0.4, 0.5) is 0 Å². The van der Waals surface area contributed by atoms with E-state index in [1.807, 2.05) is 24.4 Å². The van der Waals surface area contributed by atoms with Crippen LogP contribution in [0.25, 0.3) is 10.9 Å². The lowest BCUT2D eigenvalue weighted by Crippen LogP contribution is -2.13. The standard InChI is InChI=1S/C11H14N2O2.ClH/c1-15-7-2-3-11-8(4-7)9(5-13-11)10(12)6-14;/h2-5,10,13-14H,6,12H2,1H3;1H/t10-;/m1./s1. The second kappa shape index (κ2) is 5.21. The molecule has 1 atom stereocenters. The quantitative estimate of drug-likeness (QED) is 0.766. The van der Waals surface area contributed by atoms with Crippen molar-refractivity contribution in [2.45, 2.75) is 6.04 Å². The lowest BCUT2D eigenvalue weighted by molar-refractivity contribution is 0.268. The number of methoxy groups -OCH3 is 1. The second-order valence-corrected chi connectivity index (χ2v) is 3.44. The SMILES string of the molecule is COc1ccc2[nH]cc([C@H](N)CO)c2c1.Cl. The minimum atomic E-state index is -0.356. The third-order valence-electron chi connectivity index (χ3n) is 2.52. The van der Waals surface area contributed by atoms with Crippen molar-refractivity contribution >= 4 is 23.3 Å². The van der Waals surface area contributed by atoms with Crippen molar-refractivity contribution in [3.05, 3.63) is 30.0 Å². The summed E-state index contributed by atoms with van der Waals surface area (Å²) in [7, 11) is 1.62. The maximum atomic E-state index is 9.02. The highest BCUT2D eigenvalue weighted by Gasteiger charge is 2.11. The summed E-state index contributed by atoms with van der Waals surface area (Å²) in [5, 5.41) is 10.0. The van der Waals surface area contributed by atoms with E-state index in [0.29, 0.717) is 0 Å². The van der Waals surface area contributed by atoms with Gasteiger partial charge >= 0.3 is 0 Å². The second-order valence-electron chi connectivity index (χ2n) is 3.44. The van der Waals surface area contributed by atoms with Crippen molar-refractivity contribution in [2.24, 2.45) is 5.73 Å². The van der Waals surface area contributed by atoms with Crippen LogP contribution in [0.15, 0.2) is 24.4 Å². The van der Waals surface area contributed by atoms with Gasteiger partial charge in [0.2, 0.25) is 0 Å². The molecule has 0 bridgehead atoms. The van der Waals surface area contributed by atoms with Gasteiger partial charge in [-0.05, 0) is 23.8 Å². The molecule has 0 radical (unpaired) electrons. The number of hydrogen-bond donors (Lipinski definition) is 3. The number of hydrogen-bond acceptors (Lipinski definition) is 3. The van der Waals surface area contributed by atoms with Crippen molar-refractivity contribution in [3.63, 3.8) is 0 Å². The number of aromatic amines is 1. The van der Waals surface area contributed by atoms with Crippen molar-refractivity contribution in [1.82, 2.24) is 4.98 Å². The highest BCUT2D eigenvalue weighted by atomic mass is 35.5. The molecule has 5 heteroatoms. The van der Waals surface area contributed by atoms with Gasteiger partial charge in [0.05, 0.1) is 19.8 Å². The van der Waals surface area contributed by atoms with Crippen LogP contribution >= 0.6 is 12.4 Å². The molecule has 0 spiro atoms. The number of nitrogens with two attached hydrogens (primary N) is 1. The molecule has 0 aliphatic carbocycles. The summed E-state index contributed by atoms with van der Waals surface area (Å²) in [6.07, 6.45) is 1.82. The number of aliphatic hydroxyl groups excluding tert-OH is 1. The molecule has 0 saturated carbocycles. The number of ether oxygens (including phenoxy) is 1. The Balaban J connectivity index is 0.00000128. The smallest absolute Gasteiger partial charge is 0.119 e. The van der Waals surface area contributed by atoms with E-state index >= 15 is 0 Å². The fourth-order valence-electron chi connectivity index (χ4n) is 1.65. The van der Waals surface area contributed by atoms with E-state index < -0.39 is 0 Å². The zero-order chi connectivity index (χ0) is 10.8. The highest BCUT2D eigenvalue weighted by molar-refractivity contribution is 5.85. The van der Waals surface area contributed by atoms with Gasteiger partial charge in [-0.3, -0.25) is 0 Å². The number of aliphatic hydroxyl groups is 1. The van der Waals surface area contributed by atoms with Gasteiger partial charge in [0.1, 0.15) is 5.75 Å². The molecule has 4 N–H and O–H groups in total. The van der Waals surface area contributed by atoms with Crippen LogP contribution in [-0.2, 0) is 0 Å². The Kier molecular flexibility index (Phi) is 4.18. The Morgan fingerprint density at radius 3 is 2.88 bits per heavy atom. The van der Waals surface area contributed by atoms with Gasteiger partial charge in [0, 0.05) is 17.1 Å². The normalized spacial score (nSPS) is 12.2. The number of fused-ring (bicyclic) bond motifs is 1. The van der Waals surface area contributed by atoms with Crippen LogP contribution in [0, 0.1) is 0 Å². The first kappa shape index (κ1) is 12.8. The lowest BCUT2D eigenvalue weighted by Gasteiger charge is -2.06. The summed E-state index contributed by atoms with van der Waals surface area (Å²) in [6, 6.07) is 5.37. The molecule has 88 valence electrons. The van der Waals surface area contributed by atoms with Crippen LogP contribution in [0.5, 0.6) is 5.75 Å². The first-order valence-corrected chi connectivity index (χ1v) is 4.77. The minimum absolute atomic E-state index is 0. The molecule has 0 fully saturated rings. The van der Waals surface area contributed by atoms with Crippen LogP contribution in [0.3, 0.4) is 0 Å². The maximum Gasteiger partial charge on any atom is 0.119 e. The molecule has 0 aliphatic heterocycles. The Morgan fingerprint density at radius 2 is 2.25 bits per heavy atom. The average Bonchev–Trinajstić information content (AvgIpc) is 2.70. The Labute approximate surface area is 99.8 Å². The molecule has 2 rings (SSSR count). The monoisotopic (exact) mass is 242 g/mol. The summed E-state index contributed by atoms with van der Waals surface area (Å²) in [5.74, 6) is 0.786. The third kappa shape index (κ3) is 2.14. The largest absolute Gasteiger partial charge is 0.497 e. The molecular weight excluding hydrogens is 228 g/mol. The summed E-state index contributed by atoms with van der Waals surface area (Å²) in [5.41, 5.74) is 7.69. The molecule has 4 nitrogen and oxygen atoms in total. The number of nitrogens with one attached hydrogen (secondary N) is 1. The predicted molar refractivity (Wildman–Crippen MR) is 66.1 cm³/mol. The summed E-state index contributed by atoms with van der Waals surface area (Å²) in [4.78, 5) is 3.11. The van der Waals surface area contributed by atoms with E-state index in [9.17, 15) is 0 Å². The van der Waals surface area contributed by atoms with Gasteiger partial charge in [-0.15, -0.1) is 12.4 Å². The van der Waals surface area contributed by atoms with E-state index in [1.54, 1.807) is 7.11 Å². The number of halogens is 1. The topological polar surface area (TPSA) is 71.3 Å². The first-order chi connectivity index (χ1) is 7.26. The van der Waals surface area contributed by atoms with Crippen LogP contribution in [-0.4, -0.2) is 23.8 Å². The van der Waals surface area contributed by atoms with E-state index in [2.05, 4.69) is 4.98 Å². The summed E-state index contributed by atoms with van der Waals surface area (Å²) in [6.45, 7) is -0.0653. The molecule has 1 aromatic carbocycles. The number of aromatic nitrogens is 1. The fourth-order valence-corrected chi connectivity index (χ4v) is 1.65. The average molecular weight is 243 g/mol. The highest BCUT2D eigenvalue weighted by Crippen LogP contribution is 2.26. The third-order valence-corrected chi connectivity index (χ3v) is 2.52. The van der Waals surface area contributed by atoms with Crippen LogP contribution in [0.1, 0.15) is 11.6 Å². The van der Waals surface area contributed by atoms with Gasteiger partial charge in [0.25, 0.3) is 0 Å². The van der Waals surface area contributed by atoms with Gasteiger partial charge < -0.3 is 20.6 Å². The van der Waals surface area contributed by atoms with E-state index in [0.717, 1.165) is 22.2 Å². The number of benzene rings is 1. The van der Waals surface area contributed by atoms with E-state index in [-0.39, 0.29) is 25.1 Å². The number of rotatable bonds is 3. The molecule has 1 heterocycles. The minimum Gasteiger partial charge on any atom is -0.497 e. The molecule has 0 aliphatic rings. The molecule has 1 aromatic heterocycles. The van der Waals surface area contributed by atoms with Crippen molar-refractivity contribution in [1.29, 1.82) is 0 Å². The molecule has 2 aromatic rings. The maximum absolute atomic E-state index is 9.02. The number of H-pyrrole nitrogens is 1. The lowest BCUT2D eigenvalue weighted by atomic mass is 10.1. The first-order valence-electron chi connectivity index (χ1n) is 4.77. The molecule has 0 saturated heterocycles. The van der Waals surface area contributed by atoms with Gasteiger partial charge in [-0.25, -0.2) is 0 Å². The van der Waals surface area contributed by atoms with Crippen LogP contribution in [0.2, 0.25) is 0 Å². The van der Waals surface area contributed by atoms with E-state index in [4.69, 9.17) is 15.6 Å². The van der Waals surface area contributed by atoms with Gasteiger partial charge in [-0.2, -0.15) is 0 Å². The van der Waals surface area contributed by atoms with Crippen molar-refractivity contribution in [2.75, 3.05) is 13.7 Å². The van der Waals surface area contributed by atoms with Gasteiger partial charge in [-0.1, -0.05) is 0 Å². The molecule has 0 amide bonds. The van der Waals surface area contributed by atoms with Crippen LogP contribution < -0.4 is 10.5 Å². The molecule has 16 heavy (non-hydrogen) atoms. The fraction of sp³-hybridized carbons (Fsp3) is 0.273. The van der Waals surface area contributed by atoms with Crippen molar-refractivity contribution < 1.29 is 9.84 Å².